The van der Waals surface area contributed by atoms with E-state index in [1.165, 1.54) is 35.6 Å². The average Bonchev–Trinajstić information content (AvgIpc) is 3.17. The number of hydrogen-bond donors (Lipinski definition) is 2. The van der Waals surface area contributed by atoms with Gasteiger partial charge in [-0.2, -0.15) is 0 Å². The van der Waals surface area contributed by atoms with E-state index in [0.29, 0.717) is 5.00 Å². The SMILES string of the molecule is CCOC(=O)c1cc(-c2ccccc2)sc1NC(=O)COC(=O)c1ccc(O)cc1. The van der Waals surface area contributed by atoms with E-state index in [-0.39, 0.29) is 23.5 Å². The Hall–Kier alpha value is -3.65. The molecule has 8 heteroatoms. The first-order valence-electron chi connectivity index (χ1n) is 9.10. The minimum absolute atomic E-state index is 0.0164. The molecule has 1 amide bonds. The molecule has 0 aliphatic rings. The van der Waals surface area contributed by atoms with Crippen LogP contribution in [0.1, 0.15) is 27.6 Å². The van der Waals surface area contributed by atoms with E-state index in [9.17, 15) is 19.5 Å². The molecule has 2 N–H and O–H groups in total. The van der Waals surface area contributed by atoms with Crippen LogP contribution < -0.4 is 5.32 Å². The van der Waals surface area contributed by atoms with Gasteiger partial charge in [0, 0.05) is 4.88 Å². The van der Waals surface area contributed by atoms with Crippen LogP contribution in [0.3, 0.4) is 0 Å². The molecular weight excluding hydrogens is 406 g/mol. The number of aromatic hydroxyl groups is 1. The molecule has 2 aromatic carbocycles. The highest BCUT2D eigenvalue weighted by Gasteiger charge is 2.20. The van der Waals surface area contributed by atoms with Crippen molar-refractivity contribution in [3.63, 3.8) is 0 Å². The van der Waals surface area contributed by atoms with Crippen LogP contribution in [-0.2, 0) is 14.3 Å². The molecule has 1 aromatic heterocycles. The molecule has 0 saturated carbocycles. The van der Waals surface area contributed by atoms with Gasteiger partial charge in [0.05, 0.1) is 17.7 Å². The van der Waals surface area contributed by atoms with E-state index in [2.05, 4.69) is 5.32 Å². The second kappa shape index (κ2) is 9.71. The third-order valence-corrected chi connectivity index (χ3v) is 5.08. The van der Waals surface area contributed by atoms with Crippen molar-refractivity contribution >= 4 is 34.2 Å². The molecule has 154 valence electrons. The molecule has 0 saturated heterocycles. The summed E-state index contributed by atoms with van der Waals surface area (Å²) < 4.78 is 10.1. The van der Waals surface area contributed by atoms with E-state index in [0.717, 1.165) is 10.4 Å². The van der Waals surface area contributed by atoms with Gasteiger partial charge < -0.3 is 19.9 Å². The lowest BCUT2D eigenvalue weighted by atomic mass is 10.1. The summed E-state index contributed by atoms with van der Waals surface area (Å²) >= 11 is 1.23. The Morgan fingerprint density at radius 3 is 2.33 bits per heavy atom. The normalized spacial score (nSPS) is 10.3. The highest BCUT2D eigenvalue weighted by atomic mass is 32.1. The number of nitrogens with one attached hydrogen (secondary N) is 1. The van der Waals surface area contributed by atoms with Crippen LogP contribution in [0.25, 0.3) is 10.4 Å². The molecule has 0 unspecified atom stereocenters. The fourth-order valence-electron chi connectivity index (χ4n) is 2.56. The van der Waals surface area contributed by atoms with Crippen LogP contribution in [-0.4, -0.2) is 36.2 Å². The Bertz CT molecular complexity index is 1040. The smallest absolute Gasteiger partial charge is 0.341 e. The zero-order valence-corrected chi connectivity index (χ0v) is 16.9. The zero-order chi connectivity index (χ0) is 21.5. The molecule has 30 heavy (non-hydrogen) atoms. The first-order valence-corrected chi connectivity index (χ1v) is 9.92. The standard InChI is InChI=1S/C22H19NO6S/c1-2-28-22(27)17-12-18(14-6-4-3-5-7-14)30-20(17)23-19(25)13-29-21(26)15-8-10-16(24)11-9-15/h3-12,24H,2,13H2,1H3,(H,23,25). The molecule has 0 aliphatic carbocycles. The fraction of sp³-hybridized carbons (Fsp3) is 0.136. The van der Waals surface area contributed by atoms with E-state index in [1.54, 1.807) is 13.0 Å². The Kier molecular flexibility index (Phi) is 6.82. The highest BCUT2D eigenvalue weighted by Crippen LogP contribution is 2.35. The molecule has 3 aromatic rings. The average molecular weight is 425 g/mol. The quantitative estimate of drug-likeness (QED) is 0.553. The van der Waals surface area contributed by atoms with Crippen LogP contribution in [0, 0.1) is 0 Å². The van der Waals surface area contributed by atoms with Gasteiger partial charge in [-0.15, -0.1) is 11.3 Å². The number of anilines is 1. The molecular formula is C22H19NO6S. The number of thiophene rings is 1. The van der Waals surface area contributed by atoms with Crippen molar-refractivity contribution in [1.29, 1.82) is 0 Å². The molecule has 3 rings (SSSR count). The number of benzene rings is 2. The summed E-state index contributed by atoms with van der Waals surface area (Å²) in [6, 6.07) is 16.6. The van der Waals surface area contributed by atoms with E-state index in [4.69, 9.17) is 9.47 Å². The van der Waals surface area contributed by atoms with Gasteiger partial charge in [0.25, 0.3) is 5.91 Å². The van der Waals surface area contributed by atoms with Gasteiger partial charge in [-0.25, -0.2) is 9.59 Å². The molecule has 0 atom stereocenters. The number of carbonyl (C=O) groups excluding carboxylic acids is 3. The van der Waals surface area contributed by atoms with Gasteiger partial charge in [-0.05, 0) is 42.8 Å². The molecule has 0 aliphatic heterocycles. The predicted octanol–water partition coefficient (Wildman–Crippen LogP) is 4.09. The number of esters is 2. The van der Waals surface area contributed by atoms with E-state index >= 15 is 0 Å². The van der Waals surface area contributed by atoms with Crippen LogP contribution >= 0.6 is 11.3 Å². The predicted molar refractivity (Wildman–Crippen MR) is 113 cm³/mol. The van der Waals surface area contributed by atoms with Crippen molar-refractivity contribution in [2.24, 2.45) is 0 Å². The van der Waals surface area contributed by atoms with Gasteiger partial charge in [0.2, 0.25) is 0 Å². The Morgan fingerprint density at radius 2 is 1.67 bits per heavy atom. The molecule has 0 spiro atoms. The number of amides is 1. The minimum Gasteiger partial charge on any atom is -0.508 e. The van der Waals surface area contributed by atoms with E-state index < -0.39 is 24.5 Å². The van der Waals surface area contributed by atoms with Crippen molar-refractivity contribution in [2.45, 2.75) is 6.92 Å². The lowest BCUT2D eigenvalue weighted by Crippen LogP contribution is -2.21. The Balaban J connectivity index is 1.71. The lowest BCUT2D eigenvalue weighted by molar-refractivity contribution is -0.119. The van der Waals surface area contributed by atoms with Crippen LogP contribution in [0.15, 0.2) is 60.7 Å². The van der Waals surface area contributed by atoms with Crippen molar-refractivity contribution in [1.82, 2.24) is 0 Å². The number of phenols is 1. The Labute approximate surface area is 176 Å². The summed E-state index contributed by atoms with van der Waals surface area (Å²) in [5, 5.41) is 12.2. The number of carbonyl (C=O) groups is 3. The maximum absolute atomic E-state index is 12.3. The summed E-state index contributed by atoms with van der Waals surface area (Å²) in [7, 11) is 0. The summed E-state index contributed by atoms with van der Waals surface area (Å²) in [6.45, 7) is 1.37. The summed E-state index contributed by atoms with van der Waals surface area (Å²) in [5.74, 6) is -1.82. The Morgan fingerprint density at radius 1 is 0.967 bits per heavy atom. The summed E-state index contributed by atoms with van der Waals surface area (Å²) in [5.41, 5.74) is 1.33. The summed E-state index contributed by atoms with van der Waals surface area (Å²) in [4.78, 5) is 37.4. The number of hydrogen-bond acceptors (Lipinski definition) is 7. The first-order chi connectivity index (χ1) is 14.5. The molecule has 0 bridgehead atoms. The van der Waals surface area contributed by atoms with Crippen LogP contribution in [0.2, 0.25) is 0 Å². The highest BCUT2D eigenvalue weighted by molar-refractivity contribution is 7.20. The number of ether oxygens (including phenoxy) is 2. The molecule has 0 fully saturated rings. The van der Waals surface area contributed by atoms with Gasteiger partial charge in [0.15, 0.2) is 6.61 Å². The number of rotatable bonds is 7. The van der Waals surface area contributed by atoms with Crippen molar-refractivity contribution < 1.29 is 29.0 Å². The number of phenolic OH excluding ortho intramolecular Hbond substituents is 1. The van der Waals surface area contributed by atoms with Gasteiger partial charge in [-0.3, -0.25) is 4.79 Å². The van der Waals surface area contributed by atoms with Crippen molar-refractivity contribution in [3.8, 4) is 16.2 Å². The first kappa shape index (κ1) is 21.1. The van der Waals surface area contributed by atoms with Crippen LogP contribution in [0.4, 0.5) is 5.00 Å². The van der Waals surface area contributed by atoms with Gasteiger partial charge >= 0.3 is 11.9 Å². The molecule has 7 nitrogen and oxygen atoms in total. The zero-order valence-electron chi connectivity index (χ0n) is 16.1. The molecule has 0 radical (unpaired) electrons. The van der Waals surface area contributed by atoms with Crippen LogP contribution in [0.5, 0.6) is 5.75 Å². The van der Waals surface area contributed by atoms with Gasteiger partial charge in [-0.1, -0.05) is 30.3 Å². The fourth-order valence-corrected chi connectivity index (χ4v) is 3.63. The largest absolute Gasteiger partial charge is 0.508 e. The second-order valence-electron chi connectivity index (χ2n) is 6.11. The van der Waals surface area contributed by atoms with Crippen molar-refractivity contribution in [3.05, 3.63) is 71.8 Å². The maximum atomic E-state index is 12.3. The third kappa shape index (κ3) is 5.24. The van der Waals surface area contributed by atoms with Crippen molar-refractivity contribution in [2.75, 3.05) is 18.5 Å². The third-order valence-electron chi connectivity index (χ3n) is 3.98. The monoisotopic (exact) mass is 425 g/mol. The second-order valence-corrected chi connectivity index (χ2v) is 7.16. The summed E-state index contributed by atoms with van der Waals surface area (Å²) in [6.07, 6.45) is 0. The molecule has 1 heterocycles. The van der Waals surface area contributed by atoms with Gasteiger partial charge in [0.1, 0.15) is 10.8 Å². The lowest BCUT2D eigenvalue weighted by Gasteiger charge is -2.07. The van der Waals surface area contributed by atoms with E-state index in [1.807, 2.05) is 30.3 Å². The maximum Gasteiger partial charge on any atom is 0.341 e. The minimum atomic E-state index is -0.702. The topological polar surface area (TPSA) is 102 Å².